The second-order valence-corrected chi connectivity index (χ2v) is 4.61. The highest BCUT2D eigenvalue weighted by molar-refractivity contribution is 5.87. The topological polar surface area (TPSA) is 60.7 Å². The quantitative estimate of drug-likeness (QED) is 0.627. The maximum atomic E-state index is 11.4. The van der Waals surface area contributed by atoms with Crippen molar-refractivity contribution >= 4 is 5.97 Å². The van der Waals surface area contributed by atoms with Crippen molar-refractivity contribution in [1.29, 1.82) is 0 Å². The third-order valence-corrected chi connectivity index (χ3v) is 2.97. The van der Waals surface area contributed by atoms with E-state index >= 15 is 0 Å². The Hall–Kier alpha value is -2.27. The molecule has 0 aliphatic carbocycles. The minimum atomic E-state index is -0.465. The summed E-state index contributed by atoms with van der Waals surface area (Å²) in [5, 5.41) is 3.20. The molecule has 0 spiro atoms. The van der Waals surface area contributed by atoms with Crippen LogP contribution in [0.25, 0.3) is 0 Å². The van der Waals surface area contributed by atoms with Gasteiger partial charge in [0.1, 0.15) is 12.4 Å². The Morgan fingerprint density at radius 2 is 2.19 bits per heavy atom. The number of rotatable bonds is 7. The first kappa shape index (κ1) is 15.1. The van der Waals surface area contributed by atoms with Gasteiger partial charge < -0.3 is 19.2 Å². The Morgan fingerprint density at radius 3 is 2.95 bits per heavy atom. The molecule has 2 aromatic rings. The van der Waals surface area contributed by atoms with Gasteiger partial charge in [0.05, 0.1) is 13.4 Å². The Morgan fingerprint density at radius 1 is 1.33 bits per heavy atom. The van der Waals surface area contributed by atoms with Gasteiger partial charge in [-0.05, 0) is 30.7 Å². The van der Waals surface area contributed by atoms with E-state index in [1.54, 1.807) is 6.07 Å². The molecule has 1 aromatic heterocycles. The molecule has 0 aliphatic rings. The van der Waals surface area contributed by atoms with Crippen molar-refractivity contribution in [1.82, 2.24) is 5.32 Å². The highest BCUT2D eigenvalue weighted by Crippen LogP contribution is 2.12. The van der Waals surface area contributed by atoms with E-state index in [1.807, 2.05) is 31.2 Å². The van der Waals surface area contributed by atoms with E-state index in [-0.39, 0.29) is 5.76 Å². The molecule has 5 heteroatoms. The smallest absolute Gasteiger partial charge is 0.374 e. The Kier molecular flexibility index (Phi) is 5.40. The lowest BCUT2D eigenvalue weighted by molar-refractivity contribution is 0.0563. The molecule has 21 heavy (non-hydrogen) atoms. The van der Waals surface area contributed by atoms with E-state index < -0.39 is 5.97 Å². The van der Waals surface area contributed by atoms with Gasteiger partial charge in [0.2, 0.25) is 5.76 Å². The number of carbonyl (C=O) groups is 1. The lowest BCUT2D eigenvalue weighted by Crippen LogP contribution is -2.21. The molecule has 0 saturated heterocycles. The molecule has 1 aromatic carbocycles. The van der Waals surface area contributed by atoms with Crippen LogP contribution in [0.5, 0.6) is 5.75 Å². The van der Waals surface area contributed by atoms with Crippen LogP contribution in [0.4, 0.5) is 0 Å². The van der Waals surface area contributed by atoms with Gasteiger partial charge in [-0.2, -0.15) is 0 Å². The molecular weight excluding hydrogens is 270 g/mol. The number of nitrogens with one attached hydrogen (secondary N) is 1. The van der Waals surface area contributed by atoms with Crippen molar-refractivity contribution in [3.8, 4) is 5.75 Å². The van der Waals surface area contributed by atoms with Crippen LogP contribution in [0, 0.1) is 6.92 Å². The SMILES string of the molecule is COC(=O)c1occc1CNCCOc1cccc(C)c1. The van der Waals surface area contributed by atoms with Crippen molar-refractivity contribution in [2.75, 3.05) is 20.3 Å². The number of carbonyl (C=O) groups excluding carboxylic acids is 1. The van der Waals surface area contributed by atoms with Crippen molar-refractivity contribution in [2.24, 2.45) is 0 Å². The van der Waals surface area contributed by atoms with E-state index in [4.69, 9.17) is 9.15 Å². The first-order chi connectivity index (χ1) is 10.2. The molecule has 5 nitrogen and oxygen atoms in total. The van der Waals surface area contributed by atoms with E-state index in [0.29, 0.717) is 19.7 Å². The van der Waals surface area contributed by atoms with Crippen molar-refractivity contribution < 1.29 is 18.7 Å². The fourth-order valence-corrected chi connectivity index (χ4v) is 1.92. The molecule has 0 amide bonds. The summed E-state index contributed by atoms with van der Waals surface area (Å²) in [5.41, 5.74) is 1.94. The van der Waals surface area contributed by atoms with Gasteiger partial charge in [-0.25, -0.2) is 4.79 Å². The molecule has 2 rings (SSSR count). The molecule has 1 heterocycles. The summed E-state index contributed by atoms with van der Waals surface area (Å²) in [5.74, 6) is 0.632. The lowest BCUT2D eigenvalue weighted by Gasteiger charge is -2.08. The molecule has 0 atom stereocenters. The summed E-state index contributed by atoms with van der Waals surface area (Å²) in [6.45, 7) is 3.77. The molecule has 0 bridgehead atoms. The molecule has 0 aliphatic heterocycles. The molecule has 0 saturated carbocycles. The first-order valence-corrected chi connectivity index (χ1v) is 6.75. The van der Waals surface area contributed by atoms with Crippen LogP contribution in [0.3, 0.4) is 0 Å². The number of hydrogen-bond acceptors (Lipinski definition) is 5. The first-order valence-electron chi connectivity index (χ1n) is 6.75. The zero-order valence-corrected chi connectivity index (χ0v) is 12.2. The van der Waals surface area contributed by atoms with Crippen LogP contribution in [0.2, 0.25) is 0 Å². The second-order valence-electron chi connectivity index (χ2n) is 4.61. The Bertz CT molecular complexity index is 591. The highest BCUT2D eigenvalue weighted by Gasteiger charge is 2.14. The highest BCUT2D eigenvalue weighted by atomic mass is 16.5. The minimum Gasteiger partial charge on any atom is -0.492 e. The molecular formula is C16H19NO4. The fourth-order valence-electron chi connectivity index (χ4n) is 1.92. The number of methoxy groups -OCH3 is 1. The van der Waals surface area contributed by atoms with Gasteiger partial charge in [-0.15, -0.1) is 0 Å². The van der Waals surface area contributed by atoms with Gasteiger partial charge in [0.15, 0.2) is 0 Å². The molecule has 0 radical (unpaired) electrons. The van der Waals surface area contributed by atoms with Crippen molar-refractivity contribution in [3.63, 3.8) is 0 Å². The average Bonchev–Trinajstić information content (AvgIpc) is 2.94. The number of hydrogen-bond donors (Lipinski definition) is 1. The zero-order valence-electron chi connectivity index (χ0n) is 12.2. The average molecular weight is 289 g/mol. The molecule has 0 unspecified atom stereocenters. The standard InChI is InChI=1S/C16H19NO4/c1-12-4-3-5-14(10-12)20-9-7-17-11-13-6-8-21-15(13)16(18)19-2/h3-6,8,10,17H,7,9,11H2,1-2H3. The predicted molar refractivity (Wildman–Crippen MR) is 78.4 cm³/mol. The van der Waals surface area contributed by atoms with Gasteiger partial charge in [0.25, 0.3) is 0 Å². The van der Waals surface area contributed by atoms with Gasteiger partial charge >= 0.3 is 5.97 Å². The normalized spacial score (nSPS) is 10.4. The van der Waals surface area contributed by atoms with Crippen LogP contribution < -0.4 is 10.1 Å². The largest absolute Gasteiger partial charge is 0.492 e. The minimum absolute atomic E-state index is 0.240. The monoisotopic (exact) mass is 289 g/mol. The van der Waals surface area contributed by atoms with E-state index in [2.05, 4.69) is 10.1 Å². The van der Waals surface area contributed by atoms with Crippen LogP contribution in [0.15, 0.2) is 41.0 Å². The van der Waals surface area contributed by atoms with Gasteiger partial charge in [-0.3, -0.25) is 0 Å². The fraction of sp³-hybridized carbons (Fsp3) is 0.312. The van der Waals surface area contributed by atoms with Gasteiger partial charge in [0, 0.05) is 18.7 Å². The summed E-state index contributed by atoms with van der Waals surface area (Å²) in [6, 6.07) is 9.66. The predicted octanol–water partition coefficient (Wildman–Crippen LogP) is 2.54. The molecule has 112 valence electrons. The third kappa shape index (κ3) is 4.36. The molecule has 0 fully saturated rings. The summed E-state index contributed by atoms with van der Waals surface area (Å²) >= 11 is 0. The Balaban J connectivity index is 1.73. The summed E-state index contributed by atoms with van der Waals surface area (Å²) in [4.78, 5) is 11.4. The number of furan rings is 1. The maximum Gasteiger partial charge on any atom is 0.374 e. The third-order valence-electron chi connectivity index (χ3n) is 2.97. The summed E-state index contributed by atoms with van der Waals surface area (Å²) in [6.07, 6.45) is 1.48. The number of ether oxygens (including phenoxy) is 2. The van der Waals surface area contributed by atoms with Crippen LogP contribution in [-0.4, -0.2) is 26.2 Å². The Labute approximate surface area is 123 Å². The zero-order chi connectivity index (χ0) is 15.1. The van der Waals surface area contributed by atoms with E-state index in [9.17, 15) is 4.79 Å². The molecule has 1 N–H and O–H groups in total. The van der Waals surface area contributed by atoms with Crippen molar-refractivity contribution in [3.05, 3.63) is 53.5 Å². The van der Waals surface area contributed by atoms with Gasteiger partial charge in [-0.1, -0.05) is 12.1 Å². The van der Waals surface area contributed by atoms with E-state index in [1.165, 1.54) is 18.9 Å². The lowest BCUT2D eigenvalue weighted by atomic mass is 10.2. The van der Waals surface area contributed by atoms with Crippen molar-refractivity contribution in [2.45, 2.75) is 13.5 Å². The number of esters is 1. The maximum absolute atomic E-state index is 11.4. The van der Waals surface area contributed by atoms with Crippen LogP contribution >= 0.6 is 0 Å². The van der Waals surface area contributed by atoms with Crippen LogP contribution in [0.1, 0.15) is 21.7 Å². The summed E-state index contributed by atoms with van der Waals surface area (Å²) in [7, 11) is 1.33. The van der Waals surface area contributed by atoms with Crippen LogP contribution in [-0.2, 0) is 11.3 Å². The second kappa shape index (κ2) is 7.50. The number of benzene rings is 1. The summed E-state index contributed by atoms with van der Waals surface area (Å²) < 4.78 is 15.4. The number of aryl methyl sites for hydroxylation is 1. The van der Waals surface area contributed by atoms with E-state index in [0.717, 1.165) is 11.3 Å².